The van der Waals surface area contributed by atoms with Crippen LogP contribution in [0.1, 0.15) is 31.8 Å². The van der Waals surface area contributed by atoms with Crippen LogP contribution in [0.3, 0.4) is 0 Å². The number of ketones is 2. The molecule has 0 heterocycles. The van der Waals surface area contributed by atoms with Crippen molar-refractivity contribution < 1.29 is 35.1 Å². The van der Waals surface area contributed by atoms with Gasteiger partial charge in [0, 0.05) is 11.1 Å². The van der Waals surface area contributed by atoms with Gasteiger partial charge in [0.25, 0.3) is 5.78 Å². The van der Waals surface area contributed by atoms with Gasteiger partial charge in [0.2, 0.25) is 0 Å². The van der Waals surface area contributed by atoms with Gasteiger partial charge in [-0.25, -0.2) is 0 Å². The number of fused-ring (bicyclic) bond motifs is 3. The second-order valence-corrected chi connectivity index (χ2v) is 7.22. The third-order valence-electron chi connectivity index (χ3n) is 4.03. The number of rotatable bonds is 4. The lowest BCUT2D eigenvalue weighted by Crippen LogP contribution is -2.22. The Morgan fingerprint density at radius 2 is 1.42 bits per heavy atom. The maximum absolute atomic E-state index is 12.7. The van der Waals surface area contributed by atoms with Crippen LogP contribution in [-0.4, -0.2) is 31.9 Å². The van der Waals surface area contributed by atoms with E-state index in [1.165, 1.54) is 24.3 Å². The molecule has 1 aliphatic rings. The molecule has 0 amide bonds. The number of Topliss-reactive ketones (excluding diaryl/α,β-unsaturated/α-hetero) is 2. The van der Waals surface area contributed by atoms with Crippen molar-refractivity contribution in [3.05, 3.63) is 58.7 Å². The lowest BCUT2D eigenvalue weighted by Gasteiger charge is -2.07. The van der Waals surface area contributed by atoms with Crippen LogP contribution >= 0.6 is 0 Å². The van der Waals surface area contributed by atoms with Gasteiger partial charge in [-0.05, 0) is 40.8 Å². The van der Waals surface area contributed by atoms with E-state index in [0.717, 1.165) is 12.1 Å². The smallest absolute Gasteiger partial charge is 0.293 e. The fourth-order valence-electron chi connectivity index (χ4n) is 2.93. The van der Waals surface area contributed by atoms with Gasteiger partial charge in [-0.3, -0.25) is 9.59 Å². The summed E-state index contributed by atoms with van der Waals surface area (Å²) in [5.41, 5.74) is 1.85. The molecule has 0 N–H and O–H groups in total. The zero-order chi connectivity index (χ0) is 19.3. The Labute approximate surface area is 145 Å². The maximum atomic E-state index is 12.7. The Morgan fingerprint density at radius 1 is 0.923 bits per heavy atom. The Hall–Kier alpha value is -2.55. The molecule has 0 aromatic heterocycles. The Morgan fingerprint density at radius 3 is 1.92 bits per heavy atom. The van der Waals surface area contributed by atoms with Crippen molar-refractivity contribution in [1.82, 2.24) is 0 Å². The van der Waals surface area contributed by atoms with Crippen molar-refractivity contribution in [3.8, 4) is 11.1 Å². The van der Waals surface area contributed by atoms with Crippen molar-refractivity contribution in [2.24, 2.45) is 0 Å². The molecule has 26 heavy (non-hydrogen) atoms. The van der Waals surface area contributed by atoms with Crippen LogP contribution in [0.2, 0.25) is 0 Å². The monoisotopic (exact) mass is 386 g/mol. The molecule has 3 rings (SSSR count). The predicted octanol–water partition coefficient (Wildman–Crippen LogP) is 3.48. The molecule has 9 heteroatoms. The van der Waals surface area contributed by atoms with Gasteiger partial charge in [0.05, 0.1) is 0 Å². The van der Waals surface area contributed by atoms with E-state index in [0.29, 0.717) is 22.3 Å². The van der Waals surface area contributed by atoms with E-state index in [9.17, 15) is 35.1 Å². The molecule has 0 aliphatic heterocycles. The van der Waals surface area contributed by atoms with Gasteiger partial charge < -0.3 is 0 Å². The summed E-state index contributed by atoms with van der Waals surface area (Å²) in [4.78, 5) is 23.2. The molecule has 0 bridgehead atoms. The topological polar surface area (TPSA) is 68.3 Å². The largest absolute Gasteiger partial charge is 0.454 e. The standard InChI is InChI=1S/C17H10F4O4S/c18-17(19,20)16(23)10-2-4-14-12(6-10)7-11-5-9(1-3-13(11)14)15(22)8-26(21,24)25/h1-6H,7-8H2. The molecule has 0 saturated carbocycles. The van der Waals surface area contributed by atoms with E-state index in [4.69, 9.17) is 0 Å². The number of carbonyl (C=O) groups excluding carboxylic acids is 2. The van der Waals surface area contributed by atoms with Gasteiger partial charge in [-0.1, -0.05) is 24.3 Å². The highest BCUT2D eigenvalue weighted by molar-refractivity contribution is 7.87. The van der Waals surface area contributed by atoms with E-state index in [1.54, 1.807) is 0 Å². The number of hydrogen-bond acceptors (Lipinski definition) is 4. The molecule has 2 aromatic carbocycles. The van der Waals surface area contributed by atoms with Crippen LogP contribution in [-0.2, 0) is 16.6 Å². The molecular formula is C17H10F4O4S. The highest BCUT2D eigenvalue weighted by Gasteiger charge is 2.39. The lowest BCUT2D eigenvalue weighted by atomic mass is 10.0. The summed E-state index contributed by atoms with van der Waals surface area (Å²) < 4.78 is 71.5. The molecule has 136 valence electrons. The van der Waals surface area contributed by atoms with Crippen molar-refractivity contribution >= 4 is 21.8 Å². The summed E-state index contributed by atoms with van der Waals surface area (Å²) in [6.45, 7) is 0. The van der Waals surface area contributed by atoms with Crippen LogP contribution in [0.15, 0.2) is 36.4 Å². The third kappa shape index (κ3) is 3.52. The molecule has 0 spiro atoms. The first-order valence-corrected chi connectivity index (χ1v) is 8.84. The van der Waals surface area contributed by atoms with Gasteiger partial charge in [-0.2, -0.15) is 21.6 Å². The van der Waals surface area contributed by atoms with Gasteiger partial charge in [0.15, 0.2) is 5.78 Å². The molecule has 0 fully saturated rings. The molecule has 4 nitrogen and oxygen atoms in total. The molecule has 0 radical (unpaired) electrons. The average Bonchev–Trinajstić information content (AvgIpc) is 2.88. The molecule has 0 atom stereocenters. The van der Waals surface area contributed by atoms with E-state index in [2.05, 4.69) is 0 Å². The summed E-state index contributed by atoms with van der Waals surface area (Å²) in [6.07, 6.45) is -4.80. The van der Waals surface area contributed by atoms with Crippen molar-refractivity contribution in [2.45, 2.75) is 12.6 Å². The van der Waals surface area contributed by atoms with E-state index < -0.39 is 39.3 Å². The summed E-state index contributed by atoms with van der Waals surface area (Å²) in [5.74, 6) is -4.14. The number of alkyl halides is 3. The van der Waals surface area contributed by atoms with Crippen LogP contribution in [0.25, 0.3) is 11.1 Å². The molecular weight excluding hydrogens is 376 g/mol. The first-order chi connectivity index (χ1) is 12.0. The van der Waals surface area contributed by atoms with Crippen LogP contribution in [0.5, 0.6) is 0 Å². The quantitative estimate of drug-likeness (QED) is 0.391. The molecule has 0 saturated heterocycles. The second-order valence-electron chi connectivity index (χ2n) is 5.85. The zero-order valence-corrected chi connectivity index (χ0v) is 13.7. The average molecular weight is 386 g/mol. The number of carbonyl (C=O) groups is 2. The minimum Gasteiger partial charge on any atom is -0.293 e. The van der Waals surface area contributed by atoms with Crippen LogP contribution in [0, 0.1) is 0 Å². The molecule has 0 unspecified atom stereocenters. The van der Waals surface area contributed by atoms with Crippen LogP contribution < -0.4 is 0 Å². The summed E-state index contributed by atoms with van der Waals surface area (Å²) >= 11 is 0. The Bertz CT molecular complexity index is 1040. The molecule has 2 aromatic rings. The number of hydrogen-bond donors (Lipinski definition) is 0. The zero-order valence-electron chi connectivity index (χ0n) is 12.9. The van der Waals surface area contributed by atoms with E-state index in [1.807, 2.05) is 0 Å². The normalized spacial score (nSPS) is 13.2. The highest BCUT2D eigenvalue weighted by atomic mass is 32.3. The SMILES string of the molecule is O=C(CS(=O)(=O)F)c1ccc2c(c1)Cc1cc(C(=O)C(F)(F)F)ccc1-2. The Balaban J connectivity index is 1.93. The number of halogens is 4. The van der Waals surface area contributed by atoms with Crippen molar-refractivity contribution in [2.75, 3.05) is 5.75 Å². The summed E-state index contributed by atoms with van der Waals surface area (Å²) in [7, 11) is -4.96. The van der Waals surface area contributed by atoms with E-state index >= 15 is 0 Å². The number of benzene rings is 2. The third-order valence-corrected chi connectivity index (χ3v) is 4.63. The van der Waals surface area contributed by atoms with Crippen molar-refractivity contribution in [3.63, 3.8) is 0 Å². The highest BCUT2D eigenvalue weighted by Crippen LogP contribution is 2.38. The van der Waals surface area contributed by atoms with Gasteiger partial charge in [0.1, 0.15) is 5.75 Å². The minimum absolute atomic E-state index is 0.00984. The predicted molar refractivity (Wildman–Crippen MR) is 84.3 cm³/mol. The Kier molecular flexibility index (Phi) is 4.22. The second kappa shape index (κ2) is 6.01. The summed E-state index contributed by atoms with van der Waals surface area (Å²) in [5, 5.41) is 0. The fraction of sp³-hybridized carbons (Fsp3) is 0.176. The van der Waals surface area contributed by atoms with Gasteiger partial charge in [-0.15, -0.1) is 3.89 Å². The fourth-order valence-corrected chi connectivity index (χ4v) is 3.41. The molecule has 1 aliphatic carbocycles. The minimum atomic E-state index is -4.98. The summed E-state index contributed by atoms with van der Waals surface area (Å²) in [6, 6.07) is 7.86. The van der Waals surface area contributed by atoms with Gasteiger partial charge >= 0.3 is 16.4 Å². The lowest BCUT2D eigenvalue weighted by molar-refractivity contribution is -0.0885. The first kappa shape index (κ1) is 18.2. The maximum Gasteiger partial charge on any atom is 0.454 e. The first-order valence-electron chi connectivity index (χ1n) is 7.29. The van der Waals surface area contributed by atoms with Crippen LogP contribution in [0.4, 0.5) is 17.1 Å². The van der Waals surface area contributed by atoms with E-state index in [-0.39, 0.29) is 12.0 Å². The van der Waals surface area contributed by atoms with Crippen molar-refractivity contribution in [1.29, 1.82) is 0 Å².